The van der Waals surface area contributed by atoms with E-state index in [1.807, 2.05) is 24.3 Å². The predicted octanol–water partition coefficient (Wildman–Crippen LogP) is 2.12. The van der Waals surface area contributed by atoms with Crippen LogP contribution in [-0.2, 0) is 11.3 Å². The Balaban J connectivity index is 2.04. The Morgan fingerprint density at radius 3 is 2.73 bits per heavy atom. The predicted molar refractivity (Wildman–Crippen MR) is 83.0 cm³/mol. The van der Waals surface area contributed by atoms with Crippen LogP contribution >= 0.6 is 11.8 Å². The molecule has 22 heavy (non-hydrogen) atoms. The number of hydrogen-bond donors (Lipinski definition) is 2. The molecule has 0 aliphatic rings. The number of nitrogens with one attached hydrogen (secondary N) is 1. The van der Waals surface area contributed by atoms with Gasteiger partial charge >= 0.3 is 5.97 Å². The Morgan fingerprint density at radius 1 is 1.36 bits per heavy atom. The molecular formula is C14H16N4O3S. The molecule has 1 amide bonds. The van der Waals surface area contributed by atoms with Crippen LogP contribution in [0.25, 0.3) is 0 Å². The number of nitrogens with zero attached hydrogens (tertiary/aromatic N) is 3. The molecule has 0 aliphatic heterocycles. The highest BCUT2D eigenvalue weighted by Crippen LogP contribution is 2.30. The number of carbonyl (C=O) groups excluding carboxylic acids is 1. The largest absolute Gasteiger partial charge is 0.476 e. The van der Waals surface area contributed by atoms with Crippen molar-refractivity contribution in [2.24, 2.45) is 0 Å². The van der Waals surface area contributed by atoms with Gasteiger partial charge in [0.1, 0.15) is 6.54 Å². The molecule has 0 fully saturated rings. The summed E-state index contributed by atoms with van der Waals surface area (Å²) in [5.74, 6) is -1.47. The number of aromatic nitrogens is 3. The van der Waals surface area contributed by atoms with E-state index in [2.05, 4.69) is 29.5 Å². The molecule has 0 atom stereocenters. The van der Waals surface area contributed by atoms with E-state index < -0.39 is 5.97 Å². The summed E-state index contributed by atoms with van der Waals surface area (Å²) in [5, 5.41) is 19.0. The third kappa shape index (κ3) is 4.32. The van der Waals surface area contributed by atoms with Crippen LogP contribution in [0, 0.1) is 0 Å². The van der Waals surface area contributed by atoms with Crippen molar-refractivity contribution >= 4 is 29.3 Å². The summed E-state index contributed by atoms with van der Waals surface area (Å²) in [7, 11) is 0. The summed E-state index contributed by atoms with van der Waals surface area (Å²) in [4.78, 5) is 23.7. The van der Waals surface area contributed by atoms with Crippen molar-refractivity contribution in [3.05, 3.63) is 36.2 Å². The second-order valence-corrected chi connectivity index (χ2v) is 6.44. The maximum absolute atomic E-state index is 12.0. The van der Waals surface area contributed by atoms with E-state index >= 15 is 0 Å². The van der Waals surface area contributed by atoms with E-state index in [1.54, 1.807) is 11.8 Å². The highest BCUT2D eigenvalue weighted by atomic mass is 32.2. The number of carboxylic acids is 1. The molecule has 8 heteroatoms. The number of hydrogen-bond acceptors (Lipinski definition) is 5. The topological polar surface area (TPSA) is 97.1 Å². The van der Waals surface area contributed by atoms with E-state index in [9.17, 15) is 9.59 Å². The number of benzene rings is 1. The molecule has 0 radical (unpaired) electrons. The Labute approximate surface area is 131 Å². The number of para-hydroxylation sites is 1. The lowest BCUT2D eigenvalue weighted by molar-refractivity contribution is -0.116. The summed E-state index contributed by atoms with van der Waals surface area (Å²) in [5.41, 5.74) is 0.535. The molecule has 0 spiro atoms. The molecule has 1 aromatic carbocycles. The van der Waals surface area contributed by atoms with Gasteiger partial charge in [0.05, 0.1) is 11.9 Å². The first-order valence-corrected chi connectivity index (χ1v) is 7.52. The lowest BCUT2D eigenvalue weighted by atomic mass is 10.3. The standard InChI is InChI=1S/C14H16N4O3S/c1-9(2)22-12-6-4-3-5-10(12)15-13(19)8-18-7-11(14(20)21)16-17-18/h3-7,9H,8H2,1-2H3,(H,15,19)(H,20,21). The highest BCUT2D eigenvalue weighted by Gasteiger charge is 2.12. The van der Waals surface area contributed by atoms with Gasteiger partial charge in [-0.05, 0) is 12.1 Å². The fraction of sp³-hybridized carbons (Fsp3) is 0.286. The zero-order valence-electron chi connectivity index (χ0n) is 12.2. The number of carboxylic acid groups (broad SMARTS) is 1. The number of aromatic carboxylic acids is 1. The summed E-state index contributed by atoms with van der Waals surface area (Å²) in [6.07, 6.45) is 1.22. The molecular weight excluding hydrogens is 304 g/mol. The van der Waals surface area contributed by atoms with Crippen LogP contribution in [0.2, 0.25) is 0 Å². The van der Waals surface area contributed by atoms with Gasteiger partial charge in [-0.2, -0.15) is 0 Å². The summed E-state index contributed by atoms with van der Waals surface area (Å²) in [6, 6.07) is 7.53. The van der Waals surface area contributed by atoms with Gasteiger partial charge in [0.15, 0.2) is 5.69 Å². The van der Waals surface area contributed by atoms with E-state index in [0.717, 1.165) is 10.6 Å². The van der Waals surface area contributed by atoms with Gasteiger partial charge in [0.25, 0.3) is 0 Å². The van der Waals surface area contributed by atoms with Crippen LogP contribution in [0.1, 0.15) is 24.3 Å². The van der Waals surface area contributed by atoms with Crippen LogP contribution < -0.4 is 5.32 Å². The Kier molecular flexibility index (Phi) is 5.16. The van der Waals surface area contributed by atoms with E-state index in [4.69, 9.17) is 5.11 Å². The lowest BCUT2D eigenvalue weighted by Gasteiger charge is -2.12. The second-order valence-electron chi connectivity index (χ2n) is 4.82. The third-order valence-corrected chi connectivity index (χ3v) is 3.67. The SMILES string of the molecule is CC(C)Sc1ccccc1NC(=O)Cn1cc(C(=O)O)nn1. The van der Waals surface area contributed by atoms with Crippen LogP contribution in [0.5, 0.6) is 0 Å². The molecule has 0 saturated carbocycles. The molecule has 0 aliphatic carbocycles. The highest BCUT2D eigenvalue weighted by molar-refractivity contribution is 8.00. The minimum Gasteiger partial charge on any atom is -0.476 e. The number of carbonyl (C=O) groups is 2. The van der Waals surface area contributed by atoms with E-state index in [1.165, 1.54) is 10.9 Å². The van der Waals surface area contributed by atoms with Crippen LogP contribution in [0.15, 0.2) is 35.4 Å². The first-order valence-electron chi connectivity index (χ1n) is 6.64. The van der Waals surface area contributed by atoms with Gasteiger partial charge < -0.3 is 10.4 Å². The molecule has 7 nitrogen and oxygen atoms in total. The molecule has 2 N–H and O–H groups in total. The fourth-order valence-electron chi connectivity index (χ4n) is 1.74. The normalized spacial score (nSPS) is 10.7. The molecule has 0 bridgehead atoms. The first-order chi connectivity index (χ1) is 10.5. The second kappa shape index (κ2) is 7.08. The van der Waals surface area contributed by atoms with Crippen molar-refractivity contribution in [2.45, 2.75) is 30.5 Å². The lowest BCUT2D eigenvalue weighted by Crippen LogP contribution is -2.19. The Bertz CT molecular complexity index is 684. The van der Waals surface area contributed by atoms with Gasteiger partial charge in [-0.15, -0.1) is 16.9 Å². The van der Waals surface area contributed by atoms with E-state index in [0.29, 0.717) is 5.25 Å². The maximum Gasteiger partial charge on any atom is 0.358 e. The van der Waals surface area contributed by atoms with Crippen LogP contribution in [-0.4, -0.2) is 37.2 Å². The summed E-state index contributed by atoms with van der Waals surface area (Å²) >= 11 is 1.65. The average molecular weight is 320 g/mol. The number of rotatable bonds is 6. The average Bonchev–Trinajstić information content (AvgIpc) is 2.89. The smallest absolute Gasteiger partial charge is 0.358 e. The van der Waals surface area contributed by atoms with Crippen LogP contribution in [0.4, 0.5) is 5.69 Å². The third-order valence-electron chi connectivity index (χ3n) is 2.59. The molecule has 0 unspecified atom stereocenters. The van der Waals surface area contributed by atoms with Crippen molar-refractivity contribution in [3.63, 3.8) is 0 Å². The van der Waals surface area contributed by atoms with Crippen molar-refractivity contribution in [1.82, 2.24) is 15.0 Å². The Morgan fingerprint density at radius 2 is 2.09 bits per heavy atom. The van der Waals surface area contributed by atoms with Gasteiger partial charge in [-0.1, -0.05) is 31.2 Å². The molecule has 1 heterocycles. The quantitative estimate of drug-likeness (QED) is 0.791. The number of amides is 1. The number of anilines is 1. The number of thioether (sulfide) groups is 1. The molecule has 116 valence electrons. The van der Waals surface area contributed by atoms with Gasteiger partial charge in [-0.25, -0.2) is 9.48 Å². The zero-order valence-corrected chi connectivity index (χ0v) is 13.0. The maximum atomic E-state index is 12.0. The van der Waals surface area contributed by atoms with Crippen molar-refractivity contribution in [1.29, 1.82) is 0 Å². The first kappa shape index (κ1) is 16.0. The molecule has 1 aromatic heterocycles. The molecule has 2 aromatic rings. The monoisotopic (exact) mass is 320 g/mol. The van der Waals surface area contributed by atoms with Gasteiger partial charge in [0.2, 0.25) is 5.91 Å². The summed E-state index contributed by atoms with van der Waals surface area (Å²) < 4.78 is 1.19. The molecule has 0 saturated heterocycles. The zero-order chi connectivity index (χ0) is 16.1. The fourth-order valence-corrected chi connectivity index (χ4v) is 2.65. The Hall–Kier alpha value is -2.35. The van der Waals surface area contributed by atoms with Crippen molar-refractivity contribution in [3.8, 4) is 0 Å². The summed E-state index contributed by atoms with van der Waals surface area (Å²) in [6.45, 7) is 4.05. The van der Waals surface area contributed by atoms with Crippen molar-refractivity contribution < 1.29 is 14.7 Å². The van der Waals surface area contributed by atoms with Crippen LogP contribution in [0.3, 0.4) is 0 Å². The van der Waals surface area contributed by atoms with Gasteiger partial charge in [-0.3, -0.25) is 4.79 Å². The van der Waals surface area contributed by atoms with Gasteiger partial charge in [0, 0.05) is 10.1 Å². The van der Waals surface area contributed by atoms with E-state index in [-0.39, 0.29) is 18.1 Å². The molecule has 2 rings (SSSR count). The minimum absolute atomic E-state index is 0.0963. The van der Waals surface area contributed by atoms with Crippen molar-refractivity contribution in [2.75, 3.05) is 5.32 Å². The minimum atomic E-state index is -1.18.